The van der Waals surface area contributed by atoms with Crippen LogP contribution in [0, 0.1) is 6.92 Å². The highest BCUT2D eigenvalue weighted by molar-refractivity contribution is 9.10. The molecule has 0 aliphatic heterocycles. The smallest absolute Gasteiger partial charge is 0.242 e. The van der Waals surface area contributed by atoms with Crippen LogP contribution in [-0.4, -0.2) is 18.5 Å². The third-order valence-electron chi connectivity index (χ3n) is 2.38. The van der Waals surface area contributed by atoms with Gasteiger partial charge in [0.1, 0.15) is 6.04 Å². The van der Waals surface area contributed by atoms with E-state index in [1.807, 2.05) is 39.0 Å². The van der Waals surface area contributed by atoms with E-state index in [0.29, 0.717) is 6.54 Å². The van der Waals surface area contributed by atoms with Crippen molar-refractivity contribution in [3.8, 4) is 0 Å². The number of halogens is 1. The van der Waals surface area contributed by atoms with Gasteiger partial charge in [0.25, 0.3) is 0 Å². The summed E-state index contributed by atoms with van der Waals surface area (Å²) in [5.41, 5.74) is 2.09. The van der Waals surface area contributed by atoms with Gasteiger partial charge in [-0.15, -0.1) is 0 Å². The van der Waals surface area contributed by atoms with Gasteiger partial charge in [-0.2, -0.15) is 0 Å². The molecule has 2 N–H and O–H groups in total. The molecule has 0 fully saturated rings. The van der Waals surface area contributed by atoms with E-state index in [1.165, 1.54) is 0 Å². The maximum atomic E-state index is 11.6. The van der Waals surface area contributed by atoms with Crippen molar-refractivity contribution in [1.29, 1.82) is 0 Å². The highest BCUT2D eigenvalue weighted by Crippen LogP contribution is 2.23. The van der Waals surface area contributed by atoms with Crippen LogP contribution in [0.5, 0.6) is 0 Å². The first-order valence-corrected chi connectivity index (χ1v) is 6.15. The van der Waals surface area contributed by atoms with Crippen molar-refractivity contribution in [2.75, 3.05) is 11.9 Å². The van der Waals surface area contributed by atoms with Gasteiger partial charge in [0.2, 0.25) is 5.91 Å². The minimum atomic E-state index is -0.229. The van der Waals surface area contributed by atoms with Crippen LogP contribution in [0.15, 0.2) is 22.7 Å². The summed E-state index contributed by atoms with van der Waals surface area (Å²) in [5.74, 6) is 0.0156. The molecule has 1 unspecified atom stereocenters. The lowest BCUT2D eigenvalue weighted by Crippen LogP contribution is -2.37. The van der Waals surface area contributed by atoms with Crippen molar-refractivity contribution >= 4 is 27.5 Å². The van der Waals surface area contributed by atoms with E-state index in [2.05, 4.69) is 26.6 Å². The Hall–Kier alpha value is -1.03. The molecule has 88 valence electrons. The largest absolute Gasteiger partial charge is 0.374 e. The van der Waals surface area contributed by atoms with Gasteiger partial charge in [-0.3, -0.25) is 4.79 Å². The molecule has 0 saturated heterocycles. The number of benzene rings is 1. The summed E-state index contributed by atoms with van der Waals surface area (Å²) >= 11 is 3.46. The summed E-state index contributed by atoms with van der Waals surface area (Å²) in [5, 5.41) is 5.98. The monoisotopic (exact) mass is 284 g/mol. The Balaban J connectivity index is 2.73. The topological polar surface area (TPSA) is 41.1 Å². The normalized spacial score (nSPS) is 12.0. The van der Waals surface area contributed by atoms with Gasteiger partial charge < -0.3 is 10.6 Å². The fourth-order valence-electron chi connectivity index (χ4n) is 1.39. The molecule has 3 nitrogen and oxygen atoms in total. The maximum Gasteiger partial charge on any atom is 0.242 e. The SMILES string of the molecule is CCNC(=O)C(C)Nc1cccc(Br)c1C. The van der Waals surface area contributed by atoms with Gasteiger partial charge in [-0.05, 0) is 38.5 Å². The highest BCUT2D eigenvalue weighted by Gasteiger charge is 2.12. The molecule has 1 amide bonds. The lowest BCUT2D eigenvalue weighted by Gasteiger charge is -2.16. The minimum Gasteiger partial charge on any atom is -0.374 e. The number of hydrogen-bond donors (Lipinski definition) is 2. The van der Waals surface area contributed by atoms with Crippen molar-refractivity contribution in [1.82, 2.24) is 5.32 Å². The summed E-state index contributed by atoms with van der Waals surface area (Å²) in [4.78, 5) is 11.6. The molecule has 1 atom stereocenters. The molecule has 0 saturated carbocycles. The Morgan fingerprint density at radius 2 is 2.19 bits per heavy atom. The van der Waals surface area contributed by atoms with Gasteiger partial charge in [0.05, 0.1) is 0 Å². The summed E-state index contributed by atoms with van der Waals surface area (Å²) in [6.45, 7) is 6.43. The molecule has 0 heterocycles. The molecule has 0 spiro atoms. The number of nitrogens with one attached hydrogen (secondary N) is 2. The molecule has 0 bridgehead atoms. The Kier molecular flexibility index (Phi) is 4.80. The quantitative estimate of drug-likeness (QED) is 0.893. The Labute approximate surface area is 105 Å². The van der Waals surface area contributed by atoms with E-state index >= 15 is 0 Å². The molecule has 4 heteroatoms. The molecule has 1 rings (SSSR count). The summed E-state index contributed by atoms with van der Waals surface area (Å²) in [6, 6.07) is 5.67. The number of rotatable bonds is 4. The number of carbonyl (C=O) groups is 1. The van der Waals surface area contributed by atoms with E-state index in [0.717, 1.165) is 15.7 Å². The standard InChI is InChI=1S/C12H17BrN2O/c1-4-14-12(16)9(3)15-11-7-5-6-10(13)8(11)2/h5-7,9,15H,4H2,1-3H3,(H,14,16). The lowest BCUT2D eigenvalue weighted by atomic mass is 10.2. The van der Waals surface area contributed by atoms with Crippen molar-refractivity contribution in [2.45, 2.75) is 26.8 Å². The zero-order valence-corrected chi connectivity index (χ0v) is 11.4. The van der Waals surface area contributed by atoms with Crippen LogP contribution >= 0.6 is 15.9 Å². The predicted octanol–water partition coefficient (Wildman–Crippen LogP) is 2.69. The van der Waals surface area contributed by atoms with Crippen LogP contribution in [0.1, 0.15) is 19.4 Å². The molecule has 1 aromatic rings. The number of anilines is 1. The van der Waals surface area contributed by atoms with Crippen molar-refractivity contribution in [3.63, 3.8) is 0 Å². The van der Waals surface area contributed by atoms with E-state index in [9.17, 15) is 4.79 Å². The number of carbonyl (C=O) groups excluding carboxylic acids is 1. The molecular weight excluding hydrogens is 268 g/mol. The molecule has 0 aliphatic carbocycles. The zero-order valence-electron chi connectivity index (χ0n) is 9.80. The van der Waals surface area contributed by atoms with Gasteiger partial charge in [0.15, 0.2) is 0 Å². The highest BCUT2D eigenvalue weighted by atomic mass is 79.9. The van der Waals surface area contributed by atoms with Crippen LogP contribution in [0.3, 0.4) is 0 Å². The van der Waals surface area contributed by atoms with Gasteiger partial charge in [-0.1, -0.05) is 22.0 Å². The Morgan fingerprint density at radius 3 is 2.81 bits per heavy atom. The number of amides is 1. The van der Waals surface area contributed by atoms with Crippen LogP contribution < -0.4 is 10.6 Å². The van der Waals surface area contributed by atoms with Crippen LogP contribution in [0.2, 0.25) is 0 Å². The Morgan fingerprint density at radius 1 is 1.50 bits per heavy atom. The fourth-order valence-corrected chi connectivity index (χ4v) is 1.76. The van der Waals surface area contributed by atoms with Gasteiger partial charge in [0, 0.05) is 16.7 Å². The first-order chi connectivity index (χ1) is 7.56. The van der Waals surface area contributed by atoms with E-state index in [-0.39, 0.29) is 11.9 Å². The molecule has 0 aromatic heterocycles. The summed E-state index contributed by atoms with van der Waals surface area (Å²) in [7, 11) is 0. The van der Waals surface area contributed by atoms with Crippen LogP contribution in [0.4, 0.5) is 5.69 Å². The molecule has 1 aromatic carbocycles. The molecule has 0 aliphatic rings. The lowest BCUT2D eigenvalue weighted by molar-refractivity contribution is -0.121. The van der Waals surface area contributed by atoms with Gasteiger partial charge >= 0.3 is 0 Å². The average molecular weight is 285 g/mol. The van der Waals surface area contributed by atoms with Crippen molar-refractivity contribution in [3.05, 3.63) is 28.2 Å². The average Bonchev–Trinajstić information content (AvgIpc) is 2.25. The second-order valence-electron chi connectivity index (χ2n) is 3.67. The maximum absolute atomic E-state index is 11.6. The second-order valence-corrected chi connectivity index (χ2v) is 4.53. The third-order valence-corrected chi connectivity index (χ3v) is 3.24. The second kappa shape index (κ2) is 5.89. The zero-order chi connectivity index (χ0) is 12.1. The first kappa shape index (κ1) is 13.0. The minimum absolute atomic E-state index is 0.0156. The summed E-state index contributed by atoms with van der Waals surface area (Å²) in [6.07, 6.45) is 0. The third kappa shape index (κ3) is 3.23. The van der Waals surface area contributed by atoms with E-state index < -0.39 is 0 Å². The van der Waals surface area contributed by atoms with E-state index in [1.54, 1.807) is 0 Å². The predicted molar refractivity (Wildman–Crippen MR) is 70.6 cm³/mol. The van der Waals surface area contributed by atoms with E-state index in [4.69, 9.17) is 0 Å². The van der Waals surface area contributed by atoms with Gasteiger partial charge in [-0.25, -0.2) is 0 Å². The molecular formula is C12H17BrN2O. The van der Waals surface area contributed by atoms with Crippen molar-refractivity contribution in [2.24, 2.45) is 0 Å². The number of likely N-dealkylation sites (N-methyl/N-ethyl adjacent to an activating group) is 1. The Bertz CT molecular complexity index is 379. The molecule has 16 heavy (non-hydrogen) atoms. The first-order valence-electron chi connectivity index (χ1n) is 5.35. The summed E-state index contributed by atoms with van der Waals surface area (Å²) < 4.78 is 1.04. The number of hydrogen-bond acceptors (Lipinski definition) is 2. The van der Waals surface area contributed by atoms with Crippen LogP contribution in [0.25, 0.3) is 0 Å². The fraction of sp³-hybridized carbons (Fsp3) is 0.417. The molecule has 0 radical (unpaired) electrons. The van der Waals surface area contributed by atoms with Crippen LogP contribution in [-0.2, 0) is 4.79 Å². The van der Waals surface area contributed by atoms with Crippen molar-refractivity contribution < 1.29 is 4.79 Å².